The van der Waals surface area contributed by atoms with E-state index >= 15 is 0 Å². The summed E-state index contributed by atoms with van der Waals surface area (Å²) < 4.78 is 16.3. The normalized spacial score (nSPS) is 10.6. The molecule has 0 saturated heterocycles. The molecule has 0 aromatic heterocycles. The fourth-order valence-corrected chi connectivity index (χ4v) is 2.73. The minimum Gasteiger partial charge on any atom is -0.493 e. The average molecular weight is 389 g/mol. The molecule has 0 saturated carbocycles. The van der Waals surface area contributed by atoms with Gasteiger partial charge < -0.3 is 19.5 Å². The van der Waals surface area contributed by atoms with E-state index in [4.69, 9.17) is 14.2 Å². The van der Waals surface area contributed by atoms with Gasteiger partial charge in [0.1, 0.15) is 11.5 Å². The van der Waals surface area contributed by atoms with Crippen molar-refractivity contribution in [3.05, 3.63) is 83.9 Å². The van der Waals surface area contributed by atoms with Crippen LogP contribution >= 0.6 is 0 Å². The van der Waals surface area contributed by atoms with Gasteiger partial charge in [-0.3, -0.25) is 4.79 Å². The number of rotatable bonds is 7. The Hall–Kier alpha value is -3.73. The summed E-state index contributed by atoms with van der Waals surface area (Å²) in [5, 5.41) is 2.83. The molecule has 148 valence electrons. The second-order valence-corrected chi connectivity index (χ2v) is 6.38. The first-order valence-electron chi connectivity index (χ1n) is 9.13. The number of benzene rings is 3. The van der Waals surface area contributed by atoms with Crippen molar-refractivity contribution in [2.45, 2.75) is 6.92 Å². The largest absolute Gasteiger partial charge is 0.493 e. The van der Waals surface area contributed by atoms with Crippen molar-refractivity contribution in [3.63, 3.8) is 0 Å². The summed E-state index contributed by atoms with van der Waals surface area (Å²) in [7, 11) is 3.16. The molecular formula is C24H23NO4. The van der Waals surface area contributed by atoms with Gasteiger partial charge in [0, 0.05) is 11.8 Å². The fraction of sp³-hybridized carbons (Fsp3) is 0.125. The SMILES string of the molecule is COc1ccc(/C=C/C(=O)Nc2ccc(Oc3cccc(C)c3)cc2)cc1OC. The molecular weight excluding hydrogens is 366 g/mol. The van der Waals surface area contributed by atoms with E-state index < -0.39 is 0 Å². The molecule has 0 bridgehead atoms. The molecule has 1 amide bonds. The minimum absolute atomic E-state index is 0.230. The minimum atomic E-state index is -0.230. The summed E-state index contributed by atoms with van der Waals surface area (Å²) >= 11 is 0. The lowest BCUT2D eigenvalue weighted by Gasteiger charge is -2.08. The quantitative estimate of drug-likeness (QED) is 0.546. The third kappa shape index (κ3) is 5.62. The number of methoxy groups -OCH3 is 2. The van der Waals surface area contributed by atoms with Crippen LogP contribution in [0.2, 0.25) is 0 Å². The third-order valence-electron chi connectivity index (χ3n) is 4.18. The summed E-state index contributed by atoms with van der Waals surface area (Å²) in [5.41, 5.74) is 2.65. The van der Waals surface area contributed by atoms with E-state index in [0.29, 0.717) is 22.9 Å². The molecule has 3 aromatic carbocycles. The Kier molecular flexibility index (Phi) is 6.53. The van der Waals surface area contributed by atoms with Crippen molar-refractivity contribution >= 4 is 17.7 Å². The van der Waals surface area contributed by atoms with E-state index in [2.05, 4.69) is 5.32 Å². The number of carbonyl (C=O) groups excluding carboxylic acids is 1. The van der Waals surface area contributed by atoms with Crippen LogP contribution in [0.15, 0.2) is 72.8 Å². The van der Waals surface area contributed by atoms with Gasteiger partial charge in [-0.15, -0.1) is 0 Å². The van der Waals surface area contributed by atoms with Crippen molar-refractivity contribution in [1.29, 1.82) is 0 Å². The summed E-state index contributed by atoms with van der Waals surface area (Å²) in [4.78, 5) is 12.2. The zero-order chi connectivity index (χ0) is 20.6. The van der Waals surface area contributed by atoms with Crippen LogP contribution in [0.25, 0.3) is 6.08 Å². The molecule has 1 N–H and O–H groups in total. The van der Waals surface area contributed by atoms with E-state index in [0.717, 1.165) is 16.9 Å². The first kappa shape index (κ1) is 20.0. The van der Waals surface area contributed by atoms with Crippen molar-refractivity contribution in [2.75, 3.05) is 19.5 Å². The summed E-state index contributed by atoms with van der Waals surface area (Å²) in [6.45, 7) is 2.01. The summed E-state index contributed by atoms with van der Waals surface area (Å²) in [6, 6.07) is 20.5. The van der Waals surface area contributed by atoms with E-state index in [9.17, 15) is 4.79 Å². The van der Waals surface area contributed by atoms with Crippen molar-refractivity contribution in [2.24, 2.45) is 0 Å². The average Bonchev–Trinajstić information content (AvgIpc) is 2.73. The summed E-state index contributed by atoms with van der Waals surface area (Å²) in [5.74, 6) is 2.50. The smallest absolute Gasteiger partial charge is 0.248 e. The predicted molar refractivity (Wildman–Crippen MR) is 115 cm³/mol. The summed E-state index contributed by atoms with van der Waals surface area (Å²) in [6.07, 6.45) is 3.19. The number of hydrogen-bond donors (Lipinski definition) is 1. The van der Waals surface area contributed by atoms with Crippen LogP contribution in [0.1, 0.15) is 11.1 Å². The molecule has 0 aliphatic carbocycles. The highest BCUT2D eigenvalue weighted by atomic mass is 16.5. The van der Waals surface area contributed by atoms with Crippen LogP contribution in [0.4, 0.5) is 5.69 Å². The maximum absolute atomic E-state index is 12.2. The second kappa shape index (κ2) is 9.46. The lowest BCUT2D eigenvalue weighted by molar-refractivity contribution is -0.111. The van der Waals surface area contributed by atoms with E-state index in [1.807, 2.05) is 49.4 Å². The highest BCUT2D eigenvalue weighted by Crippen LogP contribution is 2.28. The van der Waals surface area contributed by atoms with Crippen LogP contribution in [0, 0.1) is 6.92 Å². The fourth-order valence-electron chi connectivity index (χ4n) is 2.73. The molecule has 0 unspecified atom stereocenters. The van der Waals surface area contributed by atoms with Gasteiger partial charge in [-0.25, -0.2) is 0 Å². The Bertz CT molecular complexity index is 1010. The Morgan fingerprint density at radius 3 is 2.31 bits per heavy atom. The number of hydrogen-bond acceptors (Lipinski definition) is 4. The van der Waals surface area contributed by atoms with Gasteiger partial charge in [0.2, 0.25) is 5.91 Å². The first-order chi connectivity index (χ1) is 14.1. The molecule has 5 heteroatoms. The van der Waals surface area contributed by atoms with Crippen LogP contribution in [-0.4, -0.2) is 20.1 Å². The number of aryl methyl sites for hydroxylation is 1. The van der Waals surface area contributed by atoms with Gasteiger partial charge in [0.05, 0.1) is 14.2 Å². The first-order valence-corrected chi connectivity index (χ1v) is 9.13. The Morgan fingerprint density at radius 1 is 0.862 bits per heavy atom. The van der Waals surface area contributed by atoms with Gasteiger partial charge in [-0.05, 0) is 72.7 Å². The molecule has 0 radical (unpaired) electrons. The van der Waals surface area contributed by atoms with E-state index in [1.54, 1.807) is 44.6 Å². The highest BCUT2D eigenvalue weighted by molar-refractivity contribution is 6.02. The molecule has 3 aromatic rings. The van der Waals surface area contributed by atoms with E-state index in [-0.39, 0.29) is 5.91 Å². The lowest BCUT2D eigenvalue weighted by atomic mass is 10.2. The molecule has 0 atom stereocenters. The van der Waals surface area contributed by atoms with Crippen LogP contribution in [-0.2, 0) is 4.79 Å². The zero-order valence-corrected chi connectivity index (χ0v) is 16.6. The second-order valence-electron chi connectivity index (χ2n) is 6.38. The molecule has 0 aliphatic rings. The Morgan fingerprint density at radius 2 is 1.62 bits per heavy atom. The molecule has 0 spiro atoms. The van der Waals surface area contributed by atoms with Gasteiger partial charge in [0.15, 0.2) is 11.5 Å². The highest BCUT2D eigenvalue weighted by Gasteiger charge is 2.04. The van der Waals surface area contributed by atoms with Gasteiger partial charge >= 0.3 is 0 Å². The molecule has 5 nitrogen and oxygen atoms in total. The Balaban J connectivity index is 1.60. The maximum atomic E-state index is 12.2. The molecule has 0 fully saturated rings. The number of carbonyl (C=O) groups is 1. The van der Waals surface area contributed by atoms with Crippen molar-refractivity contribution < 1.29 is 19.0 Å². The van der Waals surface area contributed by atoms with Crippen LogP contribution in [0.5, 0.6) is 23.0 Å². The Labute approximate surface area is 170 Å². The van der Waals surface area contributed by atoms with Crippen LogP contribution < -0.4 is 19.5 Å². The van der Waals surface area contributed by atoms with Crippen molar-refractivity contribution in [3.8, 4) is 23.0 Å². The monoisotopic (exact) mass is 389 g/mol. The molecule has 0 aliphatic heterocycles. The van der Waals surface area contributed by atoms with Gasteiger partial charge in [-0.1, -0.05) is 18.2 Å². The molecule has 29 heavy (non-hydrogen) atoms. The molecule has 0 heterocycles. The maximum Gasteiger partial charge on any atom is 0.248 e. The third-order valence-corrected chi connectivity index (χ3v) is 4.18. The van der Waals surface area contributed by atoms with Gasteiger partial charge in [0.25, 0.3) is 0 Å². The lowest BCUT2D eigenvalue weighted by Crippen LogP contribution is -2.07. The number of nitrogens with one attached hydrogen (secondary N) is 1. The topological polar surface area (TPSA) is 56.8 Å². The van der Waals surface area contributed by atoms with Crippen LogP contribution in [0.3, 0.4) is 0 Å². The standard InChI is InChI=1S/C24H23NO4/c1-17-5-4-6-21(15-17)29-20-11-9-19(10-12-20)25-24(26)14-8-18-7-13-22(27-2)23(16-18)28-3/h4-16H,1-3H3,(H,25,26)/b14-8+. The molecule has 3 rings (SSSR count). The van der Waals surface area contributed by atoms with Gasteiger partial charge in [-0.2, -0.15) is 0 Å². The number of ether oxygens (including phenoxy) is 3. The zero-order valence-electron chi connectivity index (χ0n) is 16.6. The predicted octanol–water partition coefficient (Wildman–Crippen LogP) is 5.46. The van der Waals surface area contributed by atoms with Crippen molar-refractivity contribution in [1.82, 2.24) is 0 Å². The number of amides is 1. The number of anilines is 1. The van der Waals surface area contributed by atoms with E-state index in [1.165, 1.54) is 6.08 Å².